The molecule has 0 aromatic rings. The molecule has 11 heteroatoms. The number of ether oxygens (including phenoxy) is 1. The van der Waals surface area contributed by atoms with Gasteiger partial charge in [-0.15, -0.1) is 0 Å². The zero-order valence-electron chi connectivity index (χ0n) is 8.71. The molecule has 0 atom stereocenters. The predicted molar refractivity (Wildman–Crippen MR) is 41.8 cm³/mol. The van der Waals surface area contributed by atoms with Gasteiger partial charge >= 0.3 is 30.1 Å². The summed E-state index contributed by atoms with van der Waals surface area (Å²) in [6.07, 6.45) is -15.5. The molecule has 0 heterocycles. The Balaban J connectivity index is 5.33. The predicted octanol–water partition coefficient (Wildman–Crippen LogP) is 3.53. The lowest BCUT2D eigenvalue weighted by atomic mass is 10.1. The first-order valence-electron chi connectivity index (χ1n) is 4.22. The van der Waals surface area contributed by atoms with Crippen molar-refractivity contribution >= 4 is 5.97 Å². The molecule has 0 N–H and O–H groups in total. The molecule has 0 aliphatic heterocycles. The number of carbonyl (C=O) groups excluding carboxylic acids is 1. The first kappa shape index (κ1) is 17.6. The maximum absolute atomic E-state index is 12.7. The van der Waals surface area contributed by atoms with E-state index in [9.17, 15) is 44.3 Å². The van der Waals surface area contributed by atoms with Crippen LogP contribution in [0.1, 0.15) is 6.42 Å². The van der Waals surface area contributed by atoms with Gasteiger partial charge in [-0.2, -0.15) is 39.5 Å². The van der Waals surface area contributed by atoms with Gasteiger partial charge in [0.1, 0.15) is 6.42 Å². The van der Waals surface area contributed by atoms with E-state index in [2.05, 4.69) is 11.3 Å². The van der Waals surface area contributed by atoms with Crippen LogP contribution >= 0.6 is 0 Å². The highest BCUT2D eigenvalue weighted by atomic mass is 19.4. The van der Waals surface area contributed by atoms with Crippen LogP contribution in [-0.4, -0.2) is 30.1 Å². The average Bonchev–Trinajstić information content (AvgIpc) is 2.12. The largest absolute Gasteiger partial charge is 0.473 e. The van der Waals surface area contributed by atoms with Gasteiger partial charge in [-0.05, 0) is 0 Å². The van der Waals surface area contributed by atoms with Crippen LogP contribution in [0.3, 0.4) is 0 Å². The Morgan fingerprint density at radius 1 is 1.00 bits per heavy atom. The monoisotopic (exact) mass is 304 g/mol. The Kier molecular flexibility index (Phi) is 4.56. The van der Waals surface area contributed by atoms with Gasteiger partial charge < -0.3 is 4.74 Å². The molecule has 0 amide bonds. The van der Waals surface area contributed by atoms with Crippen molar-refractivity contribution in [2.24, 2.45) is 0 Å². The standard InChI is InChI=1S/C8H5F9O2/c1-2-4(18)19-8(16,17)7(14,15)5(9,10)3-6(11,12)13/h2H,1,3H2. The highest BCUT2D eigenvalue weighted by Crippen LogP contribution is 2.50. The lowest BCUT2D eigenvalue weighted by Gasteiger charge is -2.31. The van der Waals surface area contributed by atoms with E-state index in [1.165, 1.54) is 0 Å². The van der Waals surface area contributed by atoms with Crippen LogP contribution in [0.5, 0.6) is 0 Å². The topological polar surface area (TPSA) is 26.3 Å². The number of hydrogen-bond acceptors (Lipinski definition) is 2. The molecule has 0 aromatic heterocycles. The van der Waals surface area contributed by atoms with Crippen molar-refractivity contribution in [1.29, 1.82) is 0 Å². The first-order chi connectivity index (χ1) is 8.16. The van der Waals surface area contributed by atoms with Crippen LogP contribution in [0.25, 0.3) is 0 Å². The van der Waals surface area contributed by atoms with Crippen LogP contribution in [0, 0.1) is 0 Å². The molecule has 0 saturated carbocycles. The molecular weight excluding hydrogens is 299 g/mol. The maximum Gasteiger partial charge on any atom is 0.473 e. The zero-order chi connectivity index (χ0) is 15.7. The van der Waals surface area contributed by atoms with Crippen LogP contribution < -0.4 is 0 Å². The number of halogens is 9. The molecular formula is C8H5F9O2. The van der Waals surface area contributed by atoms with Crippen molar-refractivity contribution < 1.29 is 49.0 Å². The van der Waals surface area contributed by atoms with Crippen LogP contribution in [-0.2, 0) is 9.53 Å². The quantitative estimate of drug-likeness (QED) is 0.441. The van der Waals surface area contributed by atoms with Crippen molar-refractivity contribution in [3.63, 3.8) is 0 Å². The Labute approximate surface area is 99.4 Å². The van der Waals surface area contributed by atoms with E-state index in [-0.39, 0.29) is 6.08 Å². The molecule has 0 saturated heterocycles. The number of alkyl halides is 9. The molecule has 0 fully saturated rings. The third-order valence-corrected chi connectivity index (χ3v) is 1.64. The summed E-state index contributed by atoms with van der Waals surface area (Å²) >= 11 is 0. The molecule has 0 bridgehead atoms. The Morgan fingerprint density at radius 3 is 1.74 bits per heavy atom. The van der Waals surface area contributed by atoms with Gasteiger partial charge in [0.15, 0.2) is 0 Å². The van der Waals surface area contributed by atoms with Crippen LogP contribution in [0.2, 0.25) is 0 Å². The second-order valence-electron chi connectivity index (χ2n) is 3.21. The summed E-state index contributed by atoms with van der Waals surface area (Å²) in [6, 6.07) is 0. The van der Waals surface area contributed by atoms with Gasteiger partial charge in [0, 0.05) is 6.08 Å². The summed E-state index contributed by atoms with van der Waals surface area (Å²) in [5.74, 6) is -14.9. The minimum absolute atomic E-state index is 0.0497. The Bertz CT molecular complexity index is 358. The fourth-order valence-corrected chi connectivity index (χ4v) is 0.808. The summed E-state index contributed by atoms with van der Waals surface area (Å²) in [6.45, 7) is 2.53. The van der Waals surface area contributed by atoms with E-state index < -0.39 is 36.5 Å². The van der Waals surface area contributed by atoms with E-state index >= 15 is 0 Å². The van der Waals surface area contributed by atoms with Gasteiger partial charge in [-0.25, -0.2) is 4.79 Å². The van der Waals surface area contributed by atoms with Gasteiger partial charge in [-0.3, -0.25) is 0 Å². The smallest absolute Gasteiger partial charge is 0.393 e. The summed E-state index contributed by atoms with van der Waals surface area (Å²) in [5.41, 5.74) is 0. The normalized spacial score (nSPS) is 14.2. The second kappa shape index (κ2) is 4.93. The van der Waals surface area contributed by atoms with E-state index in [1.54, 1.807) is 0 Å². The van der Waals surface area contributed by atoms with Crippen molar-refractivity contribution in [2.45, 2.75) is 30.6 Å². The number of hydrogen-bond donors (Lipinski definition) is 0. The number of carbonyl (C=O) groups is 1. The van der Waals surface area contributed by atoms with E-state index in [1.807, 2.05) is 0 Å². The summed E-state index contributed by atoms with van der Waals surface area (Å²) in [7, 11) is 0. The number of esters is 1. The average molecular weight is 304 g/mol. The summed E-state index contributed by atoms with van der Waals surface area (Å²) in [4.78, 5) is 10.3. The van der Waals surface area contributed by atoms with Crippen LogP contribution in [0.4, 0.5) is 39.5 Å². The molecule has 2 nitrogen and oxygen atoms in total. The third kappa shape index (κ3) is 4.03. The molecule has 0 rings (SSSR count). The molecule has 0 spiro atoms. The molecule has 0 aromatic carbocycles. The first-order valence-corrected chi connectivity index (χ1v) is 4.22. The molecule has 0 radical (unpaired) electrons. The van der Waals surface area contributed by atoms with Gasteiger partial charge in [0.2, 0.25) is 0 Å². The lowest BCUT2D eigenvalue weighted by molar-refractivity contribution is -0.393. The molecule has 19 heavy (non-hydrogen) atoms. The zero-order valence-corrected chi connectivity index (χ0v) is 8.71. The Hall–Kier alpha value is -1.42. The van der Waals surface area contributed by atoms with Crippen molar-refractivity contribution in [2.75, 3.05) is 0 Å². The molecule has 112 valence electrons. The highest BCUT2D eigenvalue weighted by Gasteiger charge is 2.76. The Morgan fingerprint density at radius 2 is 1.42 bits per heavy atom. The van der Waals surface area contributed by atoms with Gasteiger partial charge in [0.05, 0.1) is 0 Å². The lowest BCUT2D eigenvalue weighted by Crippen LogP contribution is -2.57. The van der Waals surface area contributed by atoms with E-state index in [0.717, 1.165) is 0 Å². The molecule has 0 aliphatic carbocycles. The minimum atomic E-state index is -6.55. The van der Waals surface area contributed by atoms with Gasteiger partial charge in [0.25, 0.3) is 0 Å². The van der Waals surface area contributed by atoms with Crippen molar-refractivity contribution in [3.8, 4) is 0 Å². The van der Waals surface area contributed by atoms with Gasteiger partial charge in [-0.1, -0.05) is 6.58 Å². The van der Waals surface area contributed by atoms with E-state index in [4.69, 9.17) is 0 Å². The van der Waals surface area contributed by atoms with Crippen molar-refractivity contribution in [1.82, 2.24) is 0 Å². The molecule has 0 aliphatic rings. The summed E-state index contributed by atoms with van der Waals surface area (Å²) < 4.78 is 113. The second-order valence-corrected chi connectivity index (χ2v) is 3.21. The minimum Gasteiger partial charge on any atom is -0.393 e. The fourth-order valence-electron chi connectivity index (χ4n) is 0.808. The van der Waals surface area contributed by atoms with E-state index in [0.29, 0.717) is 0 Å². The van der Waals surface area contributed by atoms with Crippen LogP contribution in [0.15, 0.2) is 12.7 Å². The SMILES string of the molecule is C=CC(=O)OC(F)(F)C(F)(F)C(F)(F)CC(F)(F)F. The highest BCUT2D eigenvalue weighted by molar-refractivity contribution is 5.81. The summed E-state index contributed by atoms with van der Waals surface area (Å²) in [5, 5.41) is 0. The maximum atomic E-state index is 12.7. The number of rotatable bonds is 5. The fraction of sp³-hybridized carbons (Fsp3) is 0.625. The third-order valence-electron chi connectivity index (χ3n) is 1.64. The molecule has 0 unspecified atom stereocenters. The van der Waals surface area contributed by atoms with Crippen molar-refractivity contribution in [3.05, 3.63) is 12.7 Å².